The number of benzene rings is 4. The zero-order valence-electron chi connectivity index (χ0n) is 24.6. The van der Waals surface area contributed by atoms with Gasteiger partial charge in [0.15, 0.2) is 0 Å². The van der Waals surface area contributed by atoms with Gasteiger partial charge >= 0.3 is 239 Å². The summed E-state index contributed by atoms with van der Waals surface area (Å²) in [7, 11) is -1.31. The first-order valence-electron chi connectivity index (χ1n) is 14.1. The predicted molar refractivity (Wildman–Crippen MR) is 176 cm³/mol. The topological polar surface area (TPSA) is 12.9 Å². The van der Waals surface area contributed by atoms with Crippen molar-refractivity contribution in [2.75, 3.05) is 0 Å². The minimum absolute atomic E-state index is 0.0490. The summed E-state index contributed by atoms with van der Waals surface area (Å²) in [5.41, 5.74) is 9.33. The van der Waals surface area contributed by atoms with E-state index in [0.717, 1.165) is 0 Å². The van der Waals surface area contributed by atoms with Crippen LogP contribution in [0.25, 0.3) is 44.3 Å². The predicted octanol–water partition coefficient (Wildman–Crippen LogP) is 8.21. The maximum absolute atomic E-state index is 5.09. The molecule has 1 nitrogen and oxygen atoms in total. The van der Waals surface area contributed by atoms with Crippen LogP contribution in [0.5, 0.6) is 0 Å². The number of fused-ring (bicyclic) bond motifs is 4. The van der Waals surface area contributed by atoms with E-state index < -0.39 is 21.3 Å². The van der Waals surface area contributed by atoms with Gasteiger partial charge in [0.1, 0.15) is 0 Å². The molecule has 0 atom stereocenters. The Balaban J connectivity index is 1.50. The van der Waals surface area contributed by atoms with Gasteiger partial charge in [-0.3, -0.25) is 0 Å². The number of pyridine rings is 1. The summed E-state index contributed by atoms with van der Waals surface area (Å²) < 4.78 is 3.09. The second kappa shape index (κ2) is 9.04. The maximum atomic E-state index is 5.09. The standard InChI is InChI=1S/C36H39GeNSi/c1-36(2,3)32-22-27(21-26-11-9-10-12-29(26)32)35-34-31(19-20-38-35)30-18-15-25(23-33(30)37(34,4)5)24-13-16-28(17-14-24)39(6,7)8/h9-23H,1-8H3. The molecule has 0 bridgehead atoms. The summed E-state index contributed by atoms with van der Waals surface area (Å²) in [6.45, 7) is 14.2. The fourth-order valence-corrected chi connectivity index (χ4v) is 14.6. The molecule has 0 saturated carbocycles. The van der Waals surface area contributed by atoms with Crippen LogP contribution in [-0.4, -0.2) is 26.3 Å². The summed E-state index contributed by atoms with van der Waals surface area (Å²) in [5.74, 6) is 5.11. The van der Waals surface area contributed by atoms with Gasteiger partial charge in [-0.25, -0.2) is 0 Å². The normalized spacial score (nSPS) is 14.4. The minimum atomic E-state index is -2.65. The van der Waals surface area contributed by atoms with Crippen molar-refractivity contribution in [3.63, 3.8) is 0 Å². The average Bonchev–Trinajstić information content (AvgIpc) is 3.13. The molecule has 4 aromatic carbocycles. The van der Waals surface area contributed by atoms with Crippen molar-refractivity contribution in [2.45, 2.75) is 57.3 Å². The number of rotatable bonds is 3. The Morgan fingerprint density at radius 3 is 2.08 bits per heavy atom. The quantitative estimate of drug-likeness (QED) is 0.194. The molecule has 0 N–H and O–H groups in total. The molecule has 1 aliphatic heterocycles. The van der Waals surface area contributed by atoms with E-state index in [4.69, 9.17) is 4.98 Å². The summed E-state index contributed by atoms with van der Waals surface area (Å²) in [6.07, 6.45) is 2.02. The SMILES string of the molecule is CC(C)(C)c1cc(-c2nccc3[c]2[Ge]([CH3])([CH3])[c]2cc(-c4ccc([Si](C)(C)C)cc4)ccc2-3)cc2ccccc12. The van der Waals surface area contributed by atoms with Crippen molar-refractivity contribution < 1.29 is 0 Å². The van der Waals surface area contributed by atoms with E-state index in [1.54, 1.807) is 4.40 Å². The molecule has 0 aliphatic carbocycles. The van der Waals surface area contributed by atoms with Gasteiger partial charge in [0.25, 0.3) is 0 Å². The van der Waals surface area contributed by atoms with Gasteiger partial charge in [-0.1, -0.05) is 0 Å². The van der Waals surface area contributed by atoms with Crippen LogP contribution in [0.2, 0.25) is 31.2 Å². The molecule has 1 aromatic heterocycles. The summed E-state index contributed by atoms with van der Waals surface area (Å²) in [6, 6.07) is 32.4. The van der Waals surface area contributed by atoms with E-state index >= 15 is 0 Å². The van der Waals surface area contributed by atoms with Crippen molar-refractivity contribution >= 4 is 46.1 Å². The molecule has 0 fully saturated rings. The first-order chi connectivity index (χ1) is 18.4. The monoisotopic (exact) mass is 587 g/mol. The van der Waals surface area contributed by atoms with Crippen molar-refractivity contribution in [3.8, 4) is 33.5 Å². The van der Waals surface area contributed by atoms with Gasteiger partial charge in [0.2, 0.25) is 0 Å². The van der Waals surface area contributed by atoms with Gasteiger partial charge in [-0.15, -0.1) is 0 Å². The molecule has 196 valence electrons. The fourth-order valence-electron chi connectivity index (χ4n) is 6.38. The Hall–Kier alpha value is -2.95. The number of aromatic nitrogens is 1. The number of hydrogen-bond acceptors (Lipinski definition) is 1. The Bertz CT molecular complexity index is 1730. The Labute approximate surface area is 237 Å². The van der Waals surface area contributed by atoms with Crippen LogP contribution in [0.3, 0.4) is 0 Å². The van der Waals surface area contributed by atoms with E-state index in [2.05, 4.69) is 137 Å². The second-order valence-corrected chi connectivity index (χ2v) is 27.9. The van der Waals surface area contributed by atoms with E-state index in [1.165, 1.54) is 59.4 Å². The van der Waals surface area contributed by atoms with Crippen LogP contribution in [0.15, 0.2) is 91.1 Å². The fraction of sp³-hybridized carbons (Fsp3) is 0.250. The van der Waals surface area contributed by atoms with E-state index in [-0.39, 0.29) is 5.41 Å². The third-order valence-corrected chi connectivity index (χ3v) is 18.0. The third kappa shape index (κ3) is 4.42. The van der Waals surface area contributed by atoms with Crippen molar-refractivity contribution in [2.24, 2.45) is 0 Å². The molecule has 3 heteroatoms. The Morgan fingerprint density at radius 2 is 1.38 bits per heavy atom. The van der Waals surface area contributed by atoms with Crippen LogP contribution in [0, 0.1) is 0 Å². The zero-order valence-corrected chi connectivity index (χ0v) is 27.7. The van der Waals surface area contributed by atoms with Gasteiger partial charge < -0.3 is 0 Å². The average molecular weight is 586 g/mol. The molecule has 5 aromatic rings. The van der Waals surface area contributed by atoms with Gasteiger partial charge in [0.05, 0.1) is 0 Å². The van der Waals surface area contributed by atoms with Gasteiger partial charge in [-0.05, 0) is 0 Å². The first-order valence-corrected chi connectivity index (χ1v) is 23.9. The first kappa shape index (κ1) is 26.3. The molecule has 2 heterocycles. The van der Waals surface area contributed by atoms with Crippen LogP contribution in [0.1, 0.15) is 26.3 Å². The molecule has 0 spiro atoms. The zero-order chi connectivity index (χ0) is 27.7. The molecule has 1 aliphatic rings. The third-order valence-electron chi connectivity index (χ3n) is 8.59. The summed E-state index contributed by atoms with van der Waals surface area (Å²) in [4.78, 5) is 5.09. The number of hydrogen-bond donors (Lipinski definition) is 0. The molecule has 39 heavy (non-hydrogen) atoms. The van der Waals surface area contributed by atoms with Crippen LogP contribution < -0.4 is 14.0 Å². The van der Waals surface area contributed by atoms with Crippen molar-refractivity contribution in [3.05, 3.63) is 96.7 Å². The van der Waals surface area contributed by atoms with Crippen molar-refractivity contribution in [1.29, 1.82) is 0 Å². The molecule has 6 rings (SSSR count). The summed E-state index contributed by atoms with van der Waals surface area (Å²) in [5, 5.41) is 4.15. The Kier molecular flexibility index (Phi) is 6.09. The molecule has 0 unspecified atom stereocenters. The Morgan fingerprint density at radius 1 is 0.692 bits per heavy atom. The molecule has 0 amide bonds. The molecular weight excluding hydrogens is 547 g/mol. The second-order valence-electron chi connectivity index (χ2n) is 13.8. The van der Waals surface area contributed by atoms with E-state index in [1.807, 2.05) is 6.20 Å². The van der Waals surface area contributed by atoms with Crippen LogP contribution in [0.4, 0.5) is 0 Å². The van der Waals surface area contributed by atoms with E-state index in [0.29, 0.717) is 0 Å². The van der Waals surface area contributed by atoms with Crippen LogP contribution in [-0.2, 0) is 5.41 Å². The summed E-state index contributed by atoms with van der Waals surface area (Å²) >= 11 is -2.65. The molecule has 0 saturated heterocycles. The van der Waals surface area contributed by atoms with Gasteiger partial charge in [0, 0.05) is 0 Å². The molecular formula is C36H39GeNSi. The van der Waals surface area contributed by atoms with E-state index in [9.17, 15) is 0 Å². The van der Waals surface area contributed by atoms with Crippen LogP contribution >= 0.6 is 0 Å². The van der Waals surface area contributed by atoms with Crippen molar-refractivity contribution in [1.82, 2.24) is 4.98 Å². The van der Waals surface area contributed by atoms with Gasteiger partial charge in [-0.2, -0.15) is 0 Å². The molecule has 0 radical (unpaired) electrons. The number of nitrogens with zero attached hydrogens (tertiary/aromatic N) is 1.